The van der Waals surface area contributed by atoms with E-state index in [1.165, 1.54) is 32.1 Å². The van der Waals surface area contributed by atoms with Crippen molar-refractivity contribution in [3.05, 3.63) is 6.92 Å². The molecule has 0 aromatic rings. The highest BCUT2D eigenvalue weighted by Crippen LogP contribution is 2.27. The third-order valence-electron chi connectivity index (χ3n) is 2.92. The minimum atomic E-state index is 0.347. The van der Waals surface area contributed by atoms with E-state index in [2.05, 4.69) is 0 Å². The molecule has 1 rings (SSSR count). The van der Waals surface area contributed by atoms with Gasteiger partial charge in [0.05, 0.1) is 0 Å². The van der Waals surface area contributed by atoms with Gasteiger partial charge in [0.15, 0.2) is 0 Å². The summed E-state index contributed by atoms with van der Waals surface area (Å²) >= 11 is 0. The summed E-state index contributed by atoms with van der Waals surface area (Å²) in [4.78, 5) is 0. The topological polar surface area (TPSA) is 20.2 Å². The van der Waals surface area contributed by atoms with Crippen LogP contribution in [0.1, 0.15) is 44.9 Å². The summed E-state index contributed by atoms with van der Waals surface area (Å²) in [7, 11) is 0. The Hall–Kier alpha value is -0.0400. The third kappa shape index (κ3) is 3.57. The molecule has 0 amide bonds. The van der Waals surface area contributed by atoms with E-state index < -0.39 is 0 Å². The second-order valence-electron chi connectivity index (χ2n) is 4.00. The lowest BCUT2D eigenvalue weighted by Gasteiger charge is -2.21. The molecule has 12 heavy (non-hydrogen) atoms. The fraction of sp³-hybridized carbons (Fsp3) is 0.909. The molecule has 2 atom stereocenters. The number of aliphatic hydroxyl groups is 1. The lowest BCUT2D eigenvalue weighted by molar-refractivity contribution is 0.231. The molecule has 0 aliphatic heterocycles. The molecule has 1 N–H and O–H groups in total. The molecule has 0 spiro atoms. The number of hydrogen-bond donors (Lipinski definition) is 1. The Morgan fingerprint density at radius 2 is 1.83 bits per heavy atom. The van der Waals surface area contributed by atoms with E-state index >= 15 is 0 Å². The second-order valence-corrected chi connectivity index (χ2v) is 4.00. The molecule has 1 saturated carbocycles. The SMILES string of the molecule is [CH]C1CCCCC(CCO)CC1. The van der Waals surface area contributed by atoms with Crippen molar-refractivity contribution in [1.29, 1.82) is 0 Å². The first-order chi connectivity index (χ1) is 5.83. The monoisotopic (exact) mass is 168 g/mol. The summed E-state index contributed by atoms with van der Waals surface area (Å²) in [5.41, 5.74) is 0. The minimum absolute atomic E-state index is 0.347. The molecule has 1 nitrogen and oxygen atoms in total. The van der Waals surface area contributed by atoms with Crippen LogP contribution in [-0.2, 0) is 0 Å². The van der Waals surface area contributed by atoms with Crippen LogP contribution in [0.4, 0.5) is 0 Å². The number of hydrogen-bond acceptors (Lipinski definition) is 1. The number of aliphatic hydroxyl groups excluding tert-OH is 1. The van der Waals surface area contributed by atoms with Crippen molar-refractivity contribution in [3.63, 3.8) is 0 Å². The van der Waals surface area contributed by atoms with Crippen LogP contribution in [0.3, 0.4) is 0 Å². The molecular formula is C11H20O. The maximum absolute atomic E-state index is 8.82. The largest absolute Gasteiger partial charge is 0.396 e. The Labute approximate surface area is 76.2 Å². The molecule has 2 radical (unpaired) electrons. The maximum Gasteiger partial charge on any atom is 0.0433 e. The van der Waals surface area contributed by atoms with Crippen LogP contribution >= 0.6 is 0 Å². The lowest BCUT2D eigenvalue weighted by atomic mass is 9.85. The molecule has 0 aromatic heterocycles. The Balaban J connectivity index is 2.24. The Morgan fingerprint density at radius 1 is 1.08 bits per heavy atom. The Morgan fingerprint density at radius 3 is 2.58 bits per heavy atom. The van der Waals surface area contributed by atoms with E-state index in [0.29, 0.717) is 12.5 Å². The normalized spacial score (nSPS) is 32.5. The zero-order valence-electron chi connectivity index (χ0n) is 7.84. The summed E-state index contributed by atoms with van der Waals surface area (Å²) in [6, 6.07) is 0. The van der Waals surface area contributed by atoms with E-state index in [4.69, 9.17) is 12.0 Å². The summed E-state index contributed by atoms with van der Waals surface area (Å²) in [6.45, 7) is 6.25. The smallest absolute Gasteiger partial charge is 0.0433 e. The van der Waals surface area contributed by atoms with E-state index in [-0.39, 0.29) is 0 Å². The molecular weight excluding hydrogens is 148 g/mol. The molecule has 0 heterocycles. The maximum atomic E-state index is 8.82. The molecule has 1 aliphatic carbocycles. The highest BCUT2D eigenvalue weighted by atomic mass is 16.3. The van der Waals surface area contributed by atoms with Crippen LogP contribution < -0.4 is 0 Å². The average Bonchev–Trinajstić information content (AvgIpc) is 2.04. The zero-order valence-corrected chi connectivity index (χ0v) is 7.84. The molecule has 0 aromatic carbocycles. The molecule has 2 unspecified atom stereocenters. The first-order valence-electron chi connectivity index (χ1n) is 5.19. The van der Waals surface area contributed by atoms with Crippen LogP contribution in [-0.4, -0.2) is 11.7 Å². The quantitative estimate of drug-likeness (QED) is 0.672. The molecule has 0 bridgehead atoms. The van der Waals surface area contributed by atoms with Crippen molar-refractivity contribution in [2.45, 2.75) is 44.9 Å². The van der Waals surface area contributed by atoms with Crippen LogP contribution in [0.5, 0.6) is 0 Å². The van der Waals surface area contributed by atoms with Crippen LogP contribution in [0, 0.1) is 18.8 Å². The minimum Gasteiger partial charge on any atom is -0.396 e. The van der Waals surface area contributed by atoms with Crippen molar-refractivity contribution < 1.29 is 5.11 Å². The van der Waals surface area contributed by atoms with Crippen molar-refractivity contribution >= 4 is 0 Å². The van der Waals surface area contributed by atoms with Gasteiger partial charge in [0.1, 0.15) is 0 Å². The summed E-state index contributed by atoms with van der Waals surface area (Å²) in [5, 5.41) is 8.82. The Bertz CT molecular complexity index is 112. The molecule has 1 fully saturated rings. The van der Waals surface area contributed by atoms with Crippen molar-refractivity contribution in [3.8, 4) is 0 Å². The highest BCUT2D eigenvalue weighted by molar-refractivity contribution is 4.69. The van der Waals surface area contributed by atoms with E-state index in [9.17, 15) is 0 Å². The standard InChI is InChI=1S/C11H20O/c1-10-4-2-3-5-11(7-6-10)8-9-12/h1,10-12H,2-9H2. The predicted molar refractivity (Wildman–Crippen MR) is 50.7 cm³/mol. The van der Waals surface area contributed by atoms with Gasteiger partial charge in [-0.1, -0.05) is 32.1 Å². The van der Waals surface area contributed by atoms with Gasteiger partial charge in [-0.3, -0.25) is 0 Å². The van der Waals surface area contributed by atoms with Gasteiger partial charge in [-0.15, -0.1) is 0 Å². The molecule has 1 heteroatoms. The van der Waals surface area contributed by atoms with E-state index in [0.717, 1.165) is 18.8 Å². The summed E-state index contributed by atoms with van der Waals surface area (Å²) < 4.78 is 0. The summed E-state index contributed by atoms with van der Waals surface area (Å²) in [6.07, 6.45) is 8.44. The predicted octanol–water partition coefficient (Wildman–Crippen LogP) is 2.67. The first kappa shape index (κ1) is 10.0. The van der Waals surface area contributed by atoms with E-state index in [1.54, 1.807) is 0 Å². The lowest BCUT2D eigenvalue weighted by Crippen LogP contribution is -2.09. The van der Waals surface area contributed by atoms with Crippen molar-refractivity contribution in [2.75, 3.05) is 6.61 Å². The van der Waals surface area contributed by atoms with Gasteiger partial charge in [-0.2, -0.15) is 0 Å². The second kappa shape index (κ2) is 5.58. The Kier molecular flexibility index (Phi) is 4.67. The highest BCUT2D eigenvalue weighted by Gasteiger charge is 2.13. The molecule has 0 saturated heterocycles. The van der Waals surface area contributed by atoms with Gasteiger partial charge in [0.25, 0.3) is 0 Å². The van der Waals surface area contributed by atoms with E-state index in [1.807, 2.05) is 0 Å². The van der Waals surface area contributed by atoms with Gasteiger partial charge in [0.2, 0.25) is 0 Å². The number of rotatable bonds is 2. The van der Waals surface area contributed by atoms with Crippen molar-refractivity contribution in [1.82, 2.24) is 0 Å². The van der Waals surface area contributed by atoms with Gasteiger partial charge < -0.3 is 5.11 Å². The van der Waals surface area contributed by atoms with Gasteiger partial charge in [-0.25, -0.2) is 0 Å². The fourth-order valence-corrected chi connectivity index (χ4v) is 2.05. The van der Waals surface area contributed by atoms with Crippen LogP contribution in [0.15, 0.2) is 0 Å². The zero-order chi connectivity index (χ0) is 8.81. The third-order valence-corrected chi connectivity index (χ3v) is 2.92. The van der Waals surface area contributed by atoms with Gasteiger partial charge >= 0.3 is 0 Å². The fourth-order valence-electron chi connectivity index (χ4n) is 2.05. The van der Waals surface area contributed by atoms with Crippen LogP contribution in [0.25, 0.3) is 0 Å². The van der Waals surface area contributed by atoms with Crippen molar-refractivity contribution in [2.24, 2.45) is 11.8 Å². The average molecular weight is 168 g/mol. The van der Waals surface area contributed by atoms with Crippen LogP contribution in [0.2, 0.25) is 0 Å². The summed E-state index contributed by atoms with van der Waals surface area (Å²) in [5.74, 6) is 1.16. The molecule has 1 aliphatic rings. The first-order valence-corrected chi connectivity index (χ1v) is 5.19. The van der Waals surface area contributed by atoms with Gasteiger partial charge in [-0.05, 0) is 31.6 Å². The molecule has 70 valence electrons. The van der Waals surface area contributed by atoms with Gasteiger partial charge in [0, 0.05) is 6.61 Å².